The minimum absolute atomic E-state index is 0. The third-order valence-corrected chi connectivity index (χ3v) is 4.41. The summed E-state index contributed by atoms with van der Waals surface area (Å²) in [4.78, 5) is 0. The largest absolute Gasteiger partial charge is 0.358 e. The van der Waals surface area contributed by atoms with Crippen molar-refractivity contribution in [3.8, 4) is 0 Å². The first-order valence-corrected chi connectivity index (χ1v) is 8.09. The molecule has 0 radical (unpaired) electrons. The van der Waals surface area contributed by atoms with Gasteiger partial charge < -0.3 is 37.1 Å². The molecule has 1 heteroatoms. The normalized spacial score (nSPS) is 11.0. The Labute approximate surface area is 195 Å². The molecule has 1 atom stereocenters. The average molecular weight is 540 g/mol. The number of hydrogen-bond acceptors (Lipinski definition) is 0. The summed E-state index contributed by atoms with van der Waals surface area (Å²) in [5, 5.41) is 2.74. The van der Waals surface area contributed by atoms with Crippen LogP contribution in [-0.4, -0.2) is 0 Å². The van der Waals surface area contributed by atoms with Gasteiger partial charge in [-0.15, -0.1) is 12.0 Å². The third-order valence-electron chi connectivity index (χ3n) is 4.41. The molecule has 3 aromatic rings. The zero-order valence-corrected chi connectivity index (χ0v) is 22.4. The molecule has 1 unspecified atom stereocenters. The molecule has 0 saturated heterocycles. The first-order chi connectivity index (χ1) is 10.8. The van der Waals surface area contributed by atoms with Gasteiger partial charge in [-0.05, 0) is 5.39 Å². The van der Waals surface area contributed by atoms with Gasteiger partial charge in [0.25, 0.3) is 0 Å². The molecule has 0 bridgehead atoms. The summed E-state index contributed by atoms with van der Waals surface area (Å²) in [6.07, 6.45) is 5.75. The first-order valence-electron chi connectivity index (χ1n) is 8.09. The Morgan fingerprint density at radius 3 is 2.04 bits per heavy atom. The van der Waals surface area contributed by atoms with Gasteiger partial charge in [0.05, 0.1) is 0 Å². The van der Waals surface area contributed by atoms with Crippen LogP contribution in [0.15, 0.2) is 66.7 Å². The number of benzene rings is 2. The van der Waals surface area contributed by atoms with Crippen LogP contribution in [0.25, 0.3) is 16.3 Å². The van der Waals surface area contributed by atoms with E-state index in [-0.39, 0.29) is 63.0 Å². The minimum atomic E-state index is 0. The fourth-order valence-corrected chi connectivity index (χ4v) is 3.01. The molecule has 1 aliphatic rings. The molecule has 0 nitrogen and oxygen atoms in total. The summed E-state index contributed by atoms with van der Waals surface area (Å²) in [6, 6.07) is 23.2. The van der Waals surface area contributed by atoms with Crippen molar-refractivity contribution in [1.29, 1.82) is 0 Å². The predicted molar refractivity (Wildman–Crippen MR) is 128 cm³/mol. The van der Waals surface area contributed by atoms with E-state index in [2.05, 4.69) is 56.3 Å². The molecule has 4 rings (SSSR count). The van der Waals surface area contributed by atoms with E-state index in [9.17, 15) is 0 Å². The molecule has 0 amide bonds. The molecule has 28 heavy (non-hydrogen) atoms. The zero-order chi connectivity index (χ0) is 15.4. The van der Waals surface area contributed by atoms with Gasteiger partial charge in [0.1, 0.15) is 0 Å². The summed E-state index contributed by atoms with van der Waals surface area (Å²) in [6.45, 7) is 4.56. The average Bonchev–Trinajstić information content (AvgIpc) is 3.26. The molecule has 1 aliphatic carbocycles. The first kappa shape index (κ1) is 34.2. The maximum Gasteiger partial charge on any atom is 0 e. The van der Waals surface area contributed by atoms with Crippen LogP contribution >= 0.6 is 0 Å². The monoisotopic (exact) mass is 541 g/mol. The molecule has 0 heterocycles. The van der Waals surface area contributed by atoms with Gasteiger partial charge in [0.15, 0.2) is 0 Å². The molecule has 0 fully saturated rings. The summed E-state index contributed by atoms with van der Waals surface area (Å²) < 4.78 is 0. The van der Waals surface area contributed by atoms with E-state index in [0.29, 0.717) is 5.92 Å². The van der Waals surface area contributed by atoms with Crippen LogP contribution in [0.3, 0.4) is 0 Å². The maximum absolute atomic E-state index is 3.58. The second kappa shape index (κ2) is 16.6. The van der Waals surface area contributed by atoms with Gasteiger partial charge in [0, 0.05) is 25.8 Å². The smallest absolute Gasteiger partial charge is 0 e. The van der Waals surface area contributed by atoms with Crippen molar-refractivity contribution in [2.75, 3.05) is 0 Å². The molecule has 0 aromatic heterocycles. The second-order valence-electron chi connectivity index (χ2n) is 5.86. The Kier molecular flexibility index (Phi) is 20.3. The van der Waals surface area contributed by atoms with Gasteiger partial charge in [0.2, 0.25) is 0 Å². The second-order valence-corrected chi connectivity index (χ2v) is 5.86. The van der Waals surface area contributed by atoms with Crippen molar-refractivity contribution < 1.29 is 25.8 Å². The maximum atomic E-state index is 3.58. The van der Waals surface area contributed by atoms with Crippen LogP contribution in [0.5, 0.6) is 0 Å². The van der Waals surface area contributed by atoms with Gasteiger partial charge in [-0.25, -0.2) is 17.7 Å². The number of rotatable bonds is 2. The Hall–Kier alpha value is -1.34. The fourth-order valence-electron chi connectivity index (χ4n) is 3.01. The van der Waals surface area contributed by atoms with Gasteiger partial charge in [-0.2, -0.15) is 23.8 Å². The fraction of sp³-hybridized carbons (Fsp3) is 0.185. The molecule has 0 saturated carbocycles. The quantitative estimate of drug-likeness (QED) is 0.227. The molecule has 0 aliphatic heterocycles. The summed E-state index contributed by atoms with van der Waals surface area (Å²) in [5.74, 6) is 0.613. The van der Waals surface area contributed by atoms with Crippen molar-refractivity contribution in [3.63, 3.8) is 0 Å². The van der Waals surface area contributed by atoms with Gasteiger partial charge in [-0.3, -0.25) is 6.08 Å². The van der Waals surface area contributed by atoms with Gasteiger partial charge in [-0.1, -0.05) is 68.0 Å². The molecule has 0 spiro atoms. The predicted octanol–water partition coefficient (Wildman–Crippen LogP) is 8.28. The van der Waals surface area contributed by atoms with Crippen LogP contribution < -0.4 is 0 Å². The van der Waals surface area contributed by atoms with Crippen molar-refractivity contribution in [2.24, 2.45) is 5.92 Å². The topological polar surface area (TPSA) is 0 Å². The van der Waals surface area contributed by atoms with Crippen LogP contribution in [0.4, 0.5) is 0 Å². The number of allylic oxidation sites excluding steroid dienone is 2. The summed E-state index contributed by atoms with van der Waals surface area (Å²) in [7, 11) is 0. The van der Waals surface area contributed by atoms with E-state index in [1.807, 2.05) is 30.3 Å². The van der Waals surface area contributed by atoms with Crippen LogP contribution in [0.1, 0.15) is 31.4 Å². The number of hydrogen-bond donors (Lipinski definition) is 0. The molecule has 0 N–H and O–H groups in total. The van der Waals surface area contributed by atoms with E-state index in [1.165, 1.54) is 33.9 Å². The van der Waals surface area contributed by atoms with Crippen molar-refractivity contribution in [1.82, 2.24) is 0 Å². The molecular formula is C27H37Hf-7. The Morgan fingerprint density at radius 1 is 0.893 bits per heavy atom. The Bertz CT molecular complexity index is 749. The zero-order valence-electron chi connectivity index (χ0n) is 18.8. The van der Waals surface area contributed by atoms with Gasteiger partial charge >= 0.3 is 0 Å². The molecule has 3 aromatic carbocycles. The minimum Gasteiger partial charge on any atom is -0.358 e. The van der Waals surface area contributed by atoms with Crippen molar-refractivity contribution in [3.05, 3.63) is 121 Å². The van der Waals surface area contributed by atoms with Crippen LogP contribution in [0.2, 0.25) is 0 Å². The molecule has 156 valence electrons. The van der Waals surface area contributed by atoms with E-state index >= 15 is 0 Å². The van der Waals surface area contributed by atoms with E-state index in [4.69, 9.17) is 0 Å². The van der Waals surface area contributed by atoms with Crippen molar-refractivity contribution in [2.45, 2.75) is 26.7 Å². The molecular weight excluding hydrogens is 503 g/mol. The Morgan fingerprint density at radius 2 is 1.50 bits per heavy atom. The SMILES string of the molecule is CCC(C)C1=[C-]Cc2ccc3ccccc3c21.[CH3-].[CH3-].[CH3-].[CH3-].[CH3-].[Hf].c1cc[cH-]c1. The summed E-state index contributed by atoms with van der Waals surface area (Å²) >= 11 is 0. The van der Waals surface area contributed by atoms with E-state index in [0.717, 1.165) is 6.42 Å². The standard InChI is InChI=1S/C17H17.C5H5.5CH3.Hf/c1-3-12(2)15-11-10-14-9-8-13-6-4-5-7-16(13)17(14)15;1-2-4-5-3-1;;;;;;/h4-9,12H,3,10H2,1-2H3;1-5H;5*1H3;/q7*-1;. The summed E-state index contributed by atoms with van der Waals surface area (Å²) in [5.41, 5.74) is 4.33. The Balaban J connectivity index is -0.000000233. The van der Waals surface area contributed by atoms with E-state index < -0.39 is 0 Å². The van der Waals surface area contributed by atoms with Crippen molar-refractivity contribution >= 4 is 16.3 Å². The van der Waals surface area contributed by atoms with Crippen LogP contribution in [0, 0.1) is 49.1 Å². The van der Waals surface area contributed by atoms with Crippen LogP contribution in [-0.2, 0) is 32.3 Å². The van der Waals surface area contributed by atoms with E-state index in [1.54, 1.807) is 0 Å². The number of fused-ring (bicyclic) bond motifs is 3. The third kappa shape index (κ3) is 7.59.